The maximum absolute atomic E-state index is 12.6. The molecule has 0 aliphatic carbocycles. The van der Waals surface area contributed by atoms with Crippen molar-refractivity contribution in [3.63, 3.8) is 0 Å². The molecule has 8 heteroatoms. The predicted octanol–water partition coefficient (Wildman–Crippen LogP) is 2.37. The average molecular weight is 310 g/mol. The Morgan fingerprint density at radius 1 is 1.25 bits per heavy atom. The van der Waals surface area contributed by atoms with E-state index in [1.54, 1.807) is 6.92 Å². The summed E-state index contributed by atoms with van der Waals surface area (Å²) in [6.45, 7) is 4.24. The molecule has 0 heterocycles. The highest BCUT2D eigenvalue weighted by Crippen LogP contribution is 2.32. The van der Waals surface area contributed by atoms with Crippen LogP contribution in [0, 0.1) is 6.92 Å². The second kappa shape index (κ2) is 6.45. The van der Waals surface area contributed by atoms with E-state index in [0.29, 0.717) is 12.1 Å². The van der Waals surface area contributed by atoms with Crippen LogP contribution in [0.5, 0.6) is 0 Å². The van der Waals surface area contributed by atoms with Gasteiger partial charge in [-0.2, -0.15) is 13.2 Å². The number of aryl methyl sites for hydroxylation is 1. The van der Waals surface area contributed by atoms with Crippen molar-refractivity contribution in [1.82, 2.24) is 5.32 Å². The summed E-state index contributed by atoms with van der Waals surface area (Å²) < 4.78 is 63.5. The Hall–Kier alpha value is -1.28. The van der Waals surface area contributed by atoms with Gasteiger partial charge >= 0.3 is 6.18 Å². The Kier molecular flexibility index (Phi) is 5.41. The lowest BCUT2D eigenvalue weighted by molar-refractivity contribution is -0.137. The van der Waals surface area contributed by atoms with Gasteiger partial charge in [-0.1, -0.05) is 13.0 Å². The van der Waals surface area contributed by atoms with Crippen molar-refractivity contribution in [3.05, 3.63) is 29.3 Å². The first kappa shape index (κ1) is 16.8. The minimum absolute atomic E-state index is 0.0451. The van der Waals surface area contributed by atoms with E-state index in [4.69, 9.17) is 0 Å². The SMILES string of the molecule is CCNCCS(=O)(=O)Nc1cc(C(F)(F)F)ccc1C. The number of nitrogens with one attached hydrogen (secondary N) is 2. The Morgan fingerprint density at radius 3 is 2.45 bits per heavy atom. The monoisotopic (exact) mass is 310 g/mol. The molecule has 2 N–H and O–H groups in total. The van der Waals surface area contributed by atoms with Crippen LogP contribution in [0.15, 0.2) is 18.2 Å². The lowest BCUT2D eigenvalue weighted by Crippen LogP contribution is -2.26. The summed E-state index contributed by atoms with van der Waals surface area (Å²) in [5.41, 5.74) is -0.492. The molecule has 20 heavy (non-hydrogen) atoms. The molecule has 0 atom stereocenters. The lowest BCUT2D eigenvalue weighted by atomic mass is 10.1. The molecule has 4 nitrogen and oxygen atoms in total. The van der Waals surface area contributed by atoms with Crippen molar-refractivity contribution in [1.29, 1.82) is 0 Å². The van der Waals surface area contributed by atoms with Crippen molar-refractivity contribution < 1.29 is 21.6 Å². The van der Waals surface area contributed by atoms with E-state index in [1.165, 1.54) is 6.07 Å². The van der Waals surface area contributed by atoms with E-state index < -0.39 is 21.8 Å². The van der Waals surface area contributed by atoms with Crippen molar-refractivity contribution in [2.24, 2.45) is 0 Å². The second-order valence-corrected chi connectivity index (χ2v) is 6.14. The van der Waals surface area contributed by atoms with Crippen LogP contribution in [0.1, 0.15) is 18.1 Å². The first-order chi connectivity index (χ1) is 9.15. The molecule has 1 aromatic carbocycles. The van der Waals surface area contributed by atoms with Crippen LogP contribution in [0.4, 0.5) is 18.9 Å². The molecule has 0 bridgehead atoms. The Morgan fingerprint density at radius 2 is 1.90 bits per heavy atom. The van der Waals surface area contributed by atoms with E-state index in [2.05, 4.69) is 10.0 Å². The number of rotatable bonds is 6. The normalized spacial score (nSPS) is 12.4. The smallest absolute Gasteiger partial charge is 0.316 e. The van der Waals surface area contributed by atoms with Gasteiger partial charge in [0.2, 0.25) is 10.0 Å². The fourth-order valence-corrected chi connectivity index (χ4v) is 2.58. The Bertz CT molecular complexity index is 556. The Balaban J connectivity index is 2.91. The maximum atomic E-state index is 12.6. The highest BCUT2D eigenvalue weighted by Gasteiger charge is 2.31. The van der Waals surface area contributed by atoms with Crippen LogP contribution in [0.25, 0.3) is 0 Å². The summed E-state index contributed by atoms with van der Waals surface area (Å²) >= 11 is 0. The van der Waals surface area contributed by atoms with Crippen molar-refractivity contribution >= 4 is 15.7 Å². The van der Waals surface area contributed by atoms with Crippen molar-refractivity contribution in [2.75, 3.05) is 23.6 Å². The van der Waals surface area contributed by atoms with E-state index in [9.17, 15) is 21.6 Å². The number of sulfonamides is 1. The van der Waals surface area contributed by atoms with Gasteiger partial charge in [-0.3, -0.25) is 4.72 Å². The molecule has 0 fully saturated rings. The molecular formula is C12H17F3N2O2S. The van der Waals surface area contributed by atoms with Gasteiger partial charge in [0.05, 0.1) is 17.0 Å². The van der Waals surface area contributed by atoms with Crippen LogP contribution in [0.3, 0.4) is 0 Å². The molecule has 1 aromatic rings. The molecule has 0 amide bonds. The third kappa shape index (κ3) is 5.01. The molecule has 0 saturated heterocycles. The summed E-state index contributed by atoms with van der Waals surface area (Å²) in [5, 5.41) is 2.84. The van der Waals surface area contributed by atoms with Crippen molar-refractivity contribution in [2.45, 2.75) is 20.0 Å². The zero-order chi connectivity index (χ0) is 15.4. The number of alkyl halides is 3. The minimum Gasteiger partial charge on any atom is -0.316 e. The van der Waals surface area contributed by atoms with Crippen LogP contribution < -0.4 is 10.0 Å². The average Bonchev–Trinajstić information content (AvgIpc) is 2.30. The molecule has 0 spiro atoms. The first-order valence-corrected chi connectivity index (χ1v) is 7.70. The van der Waals surface area contributed by atoms with Gasteiger partial charge in [-0.15, -0.1) is 0 Å². The van der Waals surface area contributed by atoms with Crippen LogP contribution in [-0.2, 0) is 16.2 Å². The van der Waals surface area contributed by atoms with Crippen molar-refractivity contribution in [3.8, 4) is 0 Å². The molecular weight excluding hydrogens is 293 g/mol. The van der Waals surface area contributed by atoms with E-state index in [0.717, 1.165) is 12.1 Å². The topological polar surface area (TPSA) is 58.2 Å². The van der Waals surface area contributed by atoms with E-state index in [1.807, 2.05) is 6.92 Å². The van der Waals surface area contributed by atoms with Gasteiger partial charge in [-0.05, 0) is 31.2 Å². The summed E-state index contributed by atoms with van der Waals surface area (Å²) in [7, 11) is -3.67. The second-order valence-electron chi connectivity index (χ2n) is 4.30. The molecule has 0 unspecified atom stereocenters. The number of hydrogen-bond donors (Lipinski definition) is 2. The van der Waals surface area contributed by atoms with E-state index >= 15 is 0 Å². The first-order valence-electron chi connectivity index (χ1n) is 6.05. The van der Waals surface area contributed by atoms with Gasteiger partial charge in [0.1, 0.15) is 0 Å². The number of anilines is 1. The van der Waals surface area contributed by atoms with Gasteiger partial charge in [0.15, 0.2) is 0 Å². The molecule has 0 aromatic heterocycles. The quantitative estimate of drug-likeness (QED) is 0.793. The fourth-order valence-electron chi connectivity index (χ4n) is 1.51. The van der Waals surface area contributed by atoms with Crippen LogP contribution >= 0.6 is 0 Å². The van der Waals surface area contributed by atoms with Gasteiger partial charge in [0.25, 0.3) is 0 Å². The summed E-state index contributed by atoms with van der Waals surface area (Å²) in [6, 6.07) is 2.97. The van der Waals surface area contributed by atoms with Gasteiger partial charge in [-0.25, -0.2) is 8.42 Å². The highest BCUT2D eigenvalue weighted by molar-refractivity contribution is 7.92. The molecule has 0 saturated carbocycles. The van der Waals surface area contributed by atoms with Gasteiger partial charge < -0.3 is 5.32 Å². The summed E-state index contributed by atoms with van der Waals surface area (Å²) in [5.74, 6) is -0.198. The molecule has 1 rings (SSSR count). The predicted molar refractivity (Wildman–Crippen MR) is 72.1 cm³/mol. The summed E-state index contributed by atoms with van der Waals surface area (Å²) in [4.78, 5) is 0. The number of halogens is 3. The number of hydrogen-bond acceptors (Lipinski definition) is 3. The Labute approximate surface area is 116 Å². The lowest BCUT2D eigenvalue weighted by Gasteiger charge is -2.13. The standard InChI is InChI=1S/C12H17F3N2O2S/c1-3-16-6-7-20(18,19)17-11-8-10(12(13,14)15)5-4-9(11)2/h4-5,8,16-17H,3,6-7H2,1-2H3. The molecule has 0 radical (unpaired) electrons. The van der Waals surface area contributed by atoms with E-state index in [-0.39, 0.29) is 18.0 Å². The third-order valence-electron chi connectivity index (χ3n) is 2.63. The van der Waals surface area contributed by atoms with Crippen LogP contribution in [0.2, 0.25) is 0 Å². The molecule has 114 valence electrons. The van der Waals surface area contributed by atoms with Crippen LogP contribution in [-0.4, -0.2) is 27.3 Å². The molecule has 0 aliphatic rings. The minimum atomic E-state index is -4.50. The van der Waals surface area contributed by atoms with Gasteiger partial charge in [0, 0.05) is 6.54 Å². The third-order valence-corrected chi connectivity index (χ3v) is 3.90. The zero-order valence-corrected chi connectivity index (χ0v) is 12.0. The largest absolute Gasteiger partial charge is 0.416 e. The molecule has 0 aliphatic heterocycles. The number of benzene rings is 1. The maximum Gasteiger partial charge on any atom is 0.416 e. The summed E-state index contributed by atoms with van der Waals surface area (Å²) in [6.07, 6.45) is -4.50. The zero-order valence-electron chi connectivity index (χ0n) is 11.2. The fraction of sp³-hybridized carbons (Fsp3) is 0.500. The highest BCUT2D eigenvalue weighted by atomic mass is 32.2.